The number of rotatable bonds is 4. The van der Waals surface area contributed by atoms with Crippen molar-refractivity contribution in [3.8, 4) is 0 Å². The Labute approximate surface area is 136 Å². The van der Waals surface area contributed by atoms with Crippen LogP contribution < -0.4 is 5.32 Å². The van der Waals surface area contributed by atoms with Gasteiger partial charge in [0.25, 0.3) is 0 Å². The number of thiazole rings is 1. The maximum absolute atomic E-state index is 12.2. The summed E-state index contributed by atoms with van der Waals surface area (Å²) in [6.45, 7) is 7.45. The van der Waals surface area contributed by atoms with E-state index in [2.05, 4.69) is 29.5 Å². The molecule has 0 aliphatic carbocycles. The SMILES string of the molecule is CC(C)c1nc(CCNC(=O)N2CCC3(CCO3)CC2)cs1. The number of piperidine rings is 1. The molecule has 2 aliphatic rings. The predicted octanol–water partition coefficient (Wildman–Crippen LogP) is 2.77. The lowest BCUT2D eigenvalue weighted by Crippen LogP contribution is -2.55. The molecule has 2 aliphatic heterocycles. The van der Waals surface area contributed by atoms with Crippen molar-refractivity contribution < 1.29 is 9.53 Å². The molecule has 2 saturated heterocycles. The molecule has 2 fully saturated rings. The third-order valence-corrected chi connectivity index (χ3v) is 5.84. The zero-order valence-corrected chi connectivity index (χ0v) is 14.2. The molecule has 0 radical (unpaired) electrons. The standard InChI is InChI=1S/C16H25N3O2S/c1-12(2)14-18-13(11-22-14)3-7-17-15(20)19-8-4-16(5-9-19)6-10-21-16/h11-12H,3-10H2,1-2H3,(H,17,20). The molecule has 0 saturated carbocycles. The lowest BCUT2D eigenvalue weighted by Gasteiger charge is -2.47. The highest BCUT2D eigenvalue weighted by atomic mass is 32.1. The number of likely N-dealkylation sites (tertiary alicyclic amines) is 1. The lowest BCUT2D eigenvalue weighted by atomic mass is 9.84. The molecule has 1 N–H and O–H groups in total. The first-order chi connectivity index (χ1) is 10.6. The largest absolute Gasteiger partial charge is 0.375 e. The van der Waals surface area contributed by atoms with Crippen LogP contribution in [0, 0.1) is 0 Å². The fourth-order valence-corrected chi connectivity index (χ4v) is 3.88. The van der Waals surface area contributed by atoms with E-state index in [0.29, 0.717) is 12.5 Å². The molecular weight excluding hydrogens is 298 g/mol. The Balaban J connectivity index is 1.39. The molecule has 122 valence electrons. The Hall–Kier alpha value is -1.14. The highest BCUT2D eigenvalue weighted by molar-refractivity contribution is 7.09. The smallest absolute Gasteiger partial charge is 0.317 e. The van der Waals surface area contributed by atoms with Crippen molar-refractivity contribution in [1.82, 2.24) is 15.2 Å². The van der Waals surface area contributed by atoms with Crippen molar-refractivity contribution in [3.05, 3.63) is 16.1 Å². The maximum atomic E-state index is 12.2. The summed E-state index contributed by atoms with van der Waals surface area (Å²) in [6.07, 6.45) is 3.91. The van der Waals surface area contributed by atoms with Gasteiger partial charge in [-0.15, -0.1) is 11.3 Å². The predicted molar refractivity (Wildman–Crippen MR) is 87.4 cm³/mol. The second kappa shape index (κ2) is 6.54. The minimum Gasteiger partial charge on any atom is -0.375 e. The fraction of sp³-hybridized carbons (Fsp3) is 0.750. The van der Waals surface area contributed by atoms with E-state index < -0.39 is 0 Å². The molecule has 1 aromatic rings. The van der Waals surface area contributed by atoms with E-state index in [9.17, 15) is 4.79 Å². The normalized spacial score (nSPS) is 20.2. The molecule has 0 atom stereocenters. The van der Waals surface area contributed by atoms with Gasteiger partial charge in [-0.2, -0.15) is 0 Å². The Morgan fingerprint density at radius 2 is 2.18 bits per heavy atom. The van der Waals surface area contributed by atoms with Crippen LogP contribution in [0.15, 0.2) is 5.38 Å². The highest BCUT2D eigenvalue weighted by Gasteiger charge is 2.41. The van der Waals surface area contributed by atoms with E-state index in [-0.39, 0.29) is 11.6 Å². The van der Waals surface area contributed by atoms with Gasteiger partial charge in [0.15, 0.2) is 0 Å². The van der Waals surface area contributed by atoms with Crippen LogP contribution in [0.1, 0.15) is 49.7 Å². The number of nitrogens with one attached hydrogen (secondary N) is 1. The Kier molecular flexibility index (Phi) is 4.68. The first-order valence-corrected chi connectivity index (χ1v) is 9.07. The zero-order chi connectivity index (χ0) is 15.6. The number of nitrogens with zero attached hydrogens (tertiary/aromatic N) is 2. The van der Waals surface area contributed by atoms with E-state index in [1.807, 2.05) is 4.90 Å². The van der Waals surface area contributed by atoms with E-state index in [1.165, 1.54) is 5.01 Å². The quantitative estimate of drug-likeness (QED) is 0.927. The van der Waals surface area contributed by atoms with Crippen LogP contribution in [0.2, 0.25) is 0 Å². The van der Waals surface area contributed by atoms with Gasteiger partial charge in [-0.3, -0.25) is 0 Å². The maximum Gasteiger partial charge on any atom is 0.317 e. The lowest BCUT2D eigenvalue weighted by molar-refractivity contribution is -0.169. The van der Waals surface area contributed by atoms with Gasteiger partial charge >= 0.3 is 6.03 Å². The number of hydrogen-bond acceptors (Lipinski definition) is 4. The van der Waals surface area contributed by atoms with Crippen molar-refractivity contribution in [2.24, 2.45) is 0 Å². The van der Waals surface area contributed by atoms with Gasteiger partial charge in [0.2, 0.25) is 0 Å². The summed E-state index contributed by atoms with van der Waals surface area (Å²) in [6, 6.07) is 0.0495. The zero-order valence-electron chi connectivity index (χ0n) is 13.4. The number of carbonyl (C=O) groups excluding carboxylic acids is 1. The molecule has 0 bridgehead atoms. The molecule has 0 unspecified atom stereocenters. The van der Waals surface area contributed by atoms with Gasteiger partial charge in [-0.05, 0) is 19.3 Å². The second-order valence-corrected chi connectivity index (χ2v) is 7.47. The first-order valence-electron chi connectivity index (χ1n) is 8.19. The summed E-state index contributed by atoms with van der Waals surface area (Å²) in [4.78, 5) is 18.7. The van der Waals surface area contributed by atoms with Gasteiger partial charge < -0.3 is 15.0 Å². The Morgan fingerprint density at radius 1 is 1.45 bits per heavy atom. The van der Waals surface area contributed by atoms with Crippen molar-refractivity contribution in [3.63, 3.8) is 0 Å². The molecule has 3 rings (SSSR count). The molecule has 1 aromatic heterocycles. The molecule has 5 nitrogen and oxygen atoms in total. The summed E-state index contributed by atoms with van der Waals surface area (Å²) in [7, 11) is 0. The third-order valence-electron chi connectivity index (χ3n) is 4.65. The summed E-state index contributed by atoms with van der Waals surface area (Å²) in [5, 5.41) is 6.28. The minimum absolute atomic E-state index is 0.0495. The van der Waals surface area contributed by atoms with Gasteiger partial charge in [0, 0.05) is 37.4 Å². The summed E-state index contributed by atoms with van der Waals surface area (Å²) < 4.78 is 5.68. The fourth-order valence-electron chi connectivity index (χ4n) is 3.01. The van der Waals surface area contributed by atoms with Crippen LogP contribution >= 0.6 is 11.3 Å². The summed E-state index contributed by atoms with van der Waals surface area (Å²) in [5.74, 6) is 0.475. The van der Waals surface area contributed by atoms with Gasteiger partial charge in [0.05, 0.1) is 22.9 Å². The van der Waals surface area contributed by atoms with E-state index in [4.69, 9.17) is 4.74 Å². The molecule has 0 aromatic carbocycles. The second-order valence-electron chi connectivity index (χ2n) is 6.58. The highest BCUT2D eigenvalue weighted by Crippen LogP contribution is 2.36. The van der Waals surface area contributed by atoms with Gasteiger partial charge in [-0.1, -0.05) is 13.8 Å². The number of ether oxygens (including phenoxy) is 1. The van der Waals surface area contributed by atoms with Crippen molar-refractivity contribution >= 4 is 17.4 Å². The Morgan fingerprint density at radius 3 is 2.73 bits per heavy atom. The van der Waals surface area contributed by atoms with Crippen molar-refractivity contribution in [2.45, 2.75) is 51.0 Å². The van der Waals surface area contributed by atoms with Crippen LogP contribution in [0.25, 0.3) is 0 Å². The Bertz CT molecular complexity index is 515. The van der Waals surface area contributed by atoms with Crippen LogP contribution in [0.3, 0.4) is 0 Å². The van der Waals surface area contributed by atoms with Crippen LogP contribution in [-0.2, 0) is 11.2 Å². The van der Waals surface area contributed by atoms with Crippen molar-refractivity contribution in [2.75, 3.05) is 26.2 Å². The summed E-state index contributed by atoms with van der Waals surface area (Å²) >= 11 is 1.71. The summed E-state index contributed by atoms with van der Waals surface area (Å²) in [5.41, 5.74) is 1.18. The monoisotopic (exact) mass is 323 g/mol. The third kappa shape index (κ3) is 3.43. The number of urea groups is 1. The number of aromatic nitrogens is 1. The van der Waals surface area contributed by atoms with Gasteiger partial charge in [0.1, 0.15) is 0 Å². The molecule has 3 heterocycles. The average Bonchev–Trinajstić information content (AvgIpc) is 2.95. The average molecular weight is 323 g/mol. The topological polar surface area (TPSA) is 54.5 Å². The van der Waals surface area contributed by atoms with E-state index >= 15 is 0 Å². The molecule has 22 heavy (non-hydrogen) atoms. The first kappa shape index (κ1) is 15.7. The van der Waals surface area contributed by atoms with E-state index in [1.54, 1.807) is 11.3 Å². The molecule has 2 amide bonds. The van der Waals surface area contributed by atoms with Crippen LogP contribution in [-0.4, -0.2) is 47.8 Å². The molecule has 6 heteroatoms. The minimum atomic E-state index is 0.0495. The number of hydrogen-bond donors (Lipinski definition) is 1. The number of amides is 2. The van der Waals surface area contributed by atoms with Gasteiger partial charge in [-0.25, -0.2) is 9.78 Å². The molecular formula is C16H25N3O2S. The molecule has 1 spiro atoms. The van der Waals surface area contributed by atoms with Crippen molar-refractivity contribution in [1.29, 1.82) is 0 Å². The van der Waals surface area contributed by atoms with E-state index in [0.717, 1.165) is 51.1 Å². The van der Waals surface area contributed by atoms with Crippen LogP contribution in [0.5, 0.6) is 0 Å². The number of carbonyl (C=O) groups is 1. The van der Waals surface area contributed by atoms with Crippen LogP contribution in [0.4, 0.5) is 4.79 Å².